The van der Waals surface area contributed by atoms with E-state index in [0.29, 0.717) is 35.1 Å². The van der Waals surface area contributed by atoms with Gasteiger partial charge in [-0.25, -0.2) is 9.18 Å². The molecule has 9 heteroatoms. The lowest BCUT2D eigenvalue weighted by Gasteiger charge is -2.19. The lowest BCUT2D eigenvalue weighted by atomic mass is 9.90. The second kappa shape index (κ2) is 6.75. The van der Waals surface area contributed by atoms with Crippen molar-refractivity contribution in [2.75, 3.05) is 18.4 Å². The van der Waals surface area contributed by atoms with Gasteiger partial charge in [0.25, 0.3) is 0 Å². The molecule has 3 rings (SSSR count). The average Bonchev–Trinajstić information content (AvgIpc) is 3.17. The van der Waals surface area contributed by atoms with Crippen molar-refractivity contribution in [3.05, 3.63) is 40.7 Å². The van der Waals surface area contributed by atoms with E-state index in [1.54, 1.807) is 25.1 Å². The highest BCUT2D eigenvalue weighted by atomic mass is 32.1. The number of amides is 2. The molecule has 1 aliphatic heterocycles. The fourth-order valence-electron chi connectivity index (χ4n) is 2.66. The van der Waals surface area contributed by atoms with Gasteiger partial charge in [0.15, 0.2) is 0 Å². The summed E-state index contributed by atoms with van der Waals surface area (Å²) >= 11 is 1.17. The molecule has 1 unspecified atom stereocenters. The minimum Gasteiger partial charge on any atom is -0.481 e. The Morgan fingerprint density at radius 2 is 2.16 bits per heavy atom. The van der Waals surface area contributed by atoms with E-state index in [2.05, 4.69) is 15.5 Å². The van der Waals surface area contributed by atoms with Crippen LogP contribution in [-0.4, -0.2) is 45.3 Å². The fourth-order valence-corrected chi connectivity index (χ4v) is 3.41. The van der Waals surface area contributed by atoms with E-state index in [1.807, 2.05) is 0 Å². The number of nitrogens with one attached hydrogen (secondary N) is 1. The van der Waals surface area contributed by atoms with E-state index in [9.17, 15) is 19.1 Å². The minimum atomic E-state index is -0.922. The molecule has 2 heterocycles. The van der Waals surface area contributed by atoms with Gasteiger partial charge < -0.3 is 10.0 Å². The van der Waals surface area contributed by atoms with Gasteiger partial charge in [-0.05, 0) is 25.0 Å². The lowest BCUT2D eigenvalue weighted by Crippen LogP contribution is -2.37. The summed E-state index contributed by atoms with van der Waals surface area (Å²) in [5, 5.41) is 20.6. The van der Waals surface area contributed by atoms with E-state index in [4.69, 9.17) is 0 Å². The first-order valence-corrected chi connectivity index (χ1v) is 8.54. The van der Waals surface area contributed by atoms with Crippen LogP contribution in [0.1, 0.15) is 23.9 Å². The number of halogens is 1. The number of hydrogen-bond donors (Lipinski definition) is 2. The Morgan fingerprint density at radius 3 is 2.84 bits per heavy atom. The molecule has 1 saturated heterocycles. The maximum atomic E-state index is 13.7. The Labute approximate surface area is 147 Å². The number of carbonyl (C=O) groups excluding carboxylic acids is 1. The van der Waals surface area contributed by atoms with Gasteiger partial charge in [0.2, 0.25) is 5.13 Å². The van der Waals surface area contributed by atoms with Crippen molar-refractivity contribution in [2.45, 2.75) is 19.8 Å². The molecule has 25 heavy (non-hydrogen) atoms. The molecule has 1 aromatic heterocycles. The van der Waals surface area contributed by atoms with E-state index in [0.717, 1.165) is 0 Å². The molecule has 0 saturated carbocycles. The Morgan fingerprint density at radius 1 is 1.40 bits per heavy atom. The quantitative estimate of drug-likeness (QED) is 0.869. The SMILES string of the molecule is CC1(C(=O)O)CCN(C(=O)Nc2nnc(Cc3ccccc3F)s2)C1. The van der Waals surface area contributed by atoms with Gasteiger partial charge in [0, 0.05) is 19.5 Å². The number of carbonyl (C=O) groups is 2. The van der Waals surface area contributed by atoms with Crippen LogP contribution in [0.3, 0.4) is 0 Å². The van der Waals surface area contributed by atoms with E-state index in [1.165, 1.54) is 22.3 Å². The summed E-state index contributed by atoms with van der Waals surface area (Å²) in [6.45, 7) is 2.14. The van der Waals surface area contributed by atoms with Gasteiger partial charge in [-0.2, -0.15) is 0 Å². The predicted molar refractivity (Wildman–Crippen MR) is 90.1 cm³/mol. The highest BCUT2D eigenvalue weighted by molar-refractivity contribution is 7.15. The average molecular weight is 364 g/mol. The summed E-state index contributed by atoms with van der Waals surface area (Å²) in [4.78, 5) is 24.9. The molecular formula is C16H17FN4O3S. The fraction of sp³-hybridized carbons (Fsp3) is 0.375. The standard InChI is InChI=1S/C16H17FN4O3S/c1-16(13(22)23)6-7-21(9-16)15(24)18-14-20-19-12(25-14)8-10-4-2-3-5-11(10)17/h2-5H,6-9H2,1H3,(H,22,23)(H,18,20,24). The number of nitrogens with zero attached hydrogens (tertiary/aromatic N) is 3. The molecule has 0 radical (unpaired) electrons. The number of benzene rings is 1. The van der Waals surface area contributed by atoms with Crippen LogP contribution in [0, 0.1) is 11.2 Å². The molecule has 1 atom stereocenters. The third-order valence-corrected chi connectivity index (χ3v) is 5.10. The van der Waals surface area contributed by atoms with Crippen molar-refractivity contribution >= 4 is 28.5 Å². The highest BCUT2D eigenvalue weighted by Crippen LogP contribution is 2.30. The zero-order valence-corrected chi connectivity index (χ0v) is 14.3. The maximum absolute atomic E-state index is 13.7. The largest absolute Gasteiger partial charge is 0.481 e. The number of anilines is 1. The summed E-state index contributed by atoms with van der Waals surface area (Å²) < 4.78 is 13.7. The number of urea groups is 1. The minimum absolute atomic E-state index is 0.148. The number of carboxylic acid groups (broad SMARTS) is 1. The molecule has 2 amide bonds. The van der Waals surface area contributed by atoms with E-state index >= 15 is 0 Å². The van der Waals surface area contributed by atoms with Crippen LogP contribution in [-0.2, 0) is 11.2 Å². The van der Waals surface area contributed by atoms with Crippen molar-refractivity contribution in [3.63, 3.8) is 0 Å². The molecule has 2 aromatic rings. The molecular weight excluding hydrogens is 347 g/mol. The second-order valence-corrected chi connectivity index (χ2v) is 7.30. The molecule has 132 valence electrons. The van der Waals surface area contributed by atoms with Crippen LogP contribution in [0.2, 0.25) is 0 Å². The van der Waals surface area contributed by atoms with Gasteiger partial charge in [0.1, 0.15) is 10.8 Å². The molecule has 1 aliphatic rings. The molecule has 2 N–H and O–H groups in total. The van der Waals surface area contributed by atoms with E-state index < -0.39 is 17.4 Å². The summed E-state index contributed by atoms with van der Waals surface area (Å²) in [6, 6.07) is 6.01. The zero-order valence-electron chi connectivity index (χ0n) is 13.5. The third-order valence-electron chi connectivity index (χ3n) is 4.26. The molecule has 0 spiro atoms. The third kappa shape index (κ3) is 3.76. The Kier molecular flexibility index (Phi) is 4.67. The Bertz CT molecular complexity index is 812. The van der Waals surface area contributed by atoms with Crippen LogP contribution in [0.4, 0.5) is 14.3 Å². The summed E-state index contributed by atoms with van der Waals surface area (Å²) in [5.41, 5.74) is -0.414. The summed E-state index contributed by atoms with van der Waals surface area (Å²) in [7, 11) is 0. The Hall–Kier alpha value is -2.55. The Balaban J connectivity index is 1.61. The van der Waals surface area contributed by atoms with Crippen molar-refractivity contribution in [3.8, 4) is 0 Å². The topological polar surface area (TPSA) is 95.4 Å². The number of aliphatic carboxylic acids is 1. The summed E-state index contributed by atoms with van der Waals surface area (Å²) in [5.74, 6) is -1.22. The normalized spacial score (nSPS) is 19.8. The monoisotopic (exact) mass is 364 g/mol. The number of likely N-dealkylation sites (tertiary alicyclic amines) is 1. The van der Waals surface area contributed by atoms with Gasteiger partial charge in [0.05, 0.1) is 5.41 Å². The first kappa shape index (κ1) is 17.3. The maximum Gasteiger partial charge on any atom is 0.323 e. The van der Waals surface area contributed by atoms with Crippen molar-refractivity contribution in [1.82, 2.24) is 15.1 Å². The first-order valence-electron chi connectivity index (χ1n) is 7.72. The highest BCUT2D eigenvalue weighted by Gasteiger charge is 2.42. The van der Waals surface area contributed by atoms with Crippen LogP contribution in [0.5, 0.6) is 0 Å². The molecule has 1 aromatic carbocycles. The number of rotatable bonds is 4. The molecule has 1 fully saturated rings. The van der Waals surface area contributed by atoms with Crippen LogP contribution >= 0.6 is 11.3 Å². The first-order chi connectivity index (χ1) is 11.9. The van der Waals surface area contributed by atoms with Crippen molar-refractivity contribution in [2.24, 2.45) is 5.41 Å². The van der Waals surface area contributed by atoms with Crippen LogP contribution in [0.15, 0.2) is 24.3 Å². The van der Waals surface area contributed by atoms with Crippen LogP contribution in [0.25, 0.3) is 0 Å². The molecule has 0 aliphatic carbocycles. The van der Waals surface area contributed by atoms with Gasteiger partial charge >= 0.3 is 12.0 Å². The number of aromatic nitrogens is 2. The zero-order chi connectivity index (χ0) is 18.0. The van der Waals surface area contributed by atoms with Crippen molar-refractivity contribution in [1.29, 1.82) is 0 Å². The smallest absolute Gasteiger partial charge is 0.323 e. The van der Waals surface area contributed by atoms with E-state index in [-0.39, 0.29) is 12.4 Å². The predicted octanol–water partition coefficient (Wildman–Crippen LogP) is 2.60. The number of hydrogen-bond acceptors (Lipinski definition) is 5. The van der Waals surface area contributed by atoms with Crippen LogP contribution < -0.4 is 5.32 Å². The lowest BCUT2D eigenvalue weighted by molar-refractivity contribution is -0.146. The van der Waals surface area contributed by atoms with Gasteiger partial charge in [-0.1, -0.05) is 29.5 Å². The van der Waals surface area contributed by atoms with Gasteiger partial charge in [-0.3, -0.25) is 10.1 Å². The second-order valence-electron chi connectivity index (χ2n) is 6.24. The number of carboxylic acids is 1. The molecule has 0 bridgehead atoms. The summed E-state index contributed by atoms with van der Waals surface area (Å²) in [6.07, 6.45) is 0.700. The van der Waals surface area contributed by atoms with Gasteiger partial charge in [-0.15, -0.1) is 10.2 Å². The molecule has 7 nitrogen and oxygen atoms in total. The van der Waals surface area contributed by atoms with Crippen molar-refractivity contribution < 1.29 is 19.1 Å².